The van der Waals surface area contributed by atoms with Crippen LogP contribution < -0.4 is 29.7 Å². The summed E-state index contributed by atoms with van der Waals surface area (Å²) in [6, 6.07) is 19.5. The minimum atomic E-state index is -0.565. The number of anilines is 1. The molecule has 2 amide bonds. The van der Waals surface area contributed by atoms with Crippen LogP contribution in [0.4, 0.5) is 5.69 Å². The van der Waals surface area contributed by atoms with Gasteiger partial charge in [-0.1, -0.05) is 37.9 Å². The van der Waals surface area contributed by atoms with Crippen molar-refractivity contribution in [2.75, 3.05) is 26.6 Å². The Hall–Kier alpha value is -4.20. The van der Waals surface area contributed by atoms with Crippen LogP contribution in [0.2, 0.25) is 0 Å². The number of halogens is 3. The number of amides is 2. The van der Waals surface area contributed by atoms with Crippen LogP contribution in [-0.4, -0.2) is 45.3 Å². The molecule has 0 saturated heterocycles. The second-order valence-corrected chi connectivity index (χ2v) is 11.5. The maximum absolute atomic E-state index is 13.0. The molecule has 13 heteroatoms. The molecule has 0 unspecified atom stereocenters. The third kappa shape index (κ3) is 8.04. The van der Waals surface area contributed by atoms with Gasteiger partial charge in [0.2, 0.25) is 5.75 Å². The van der Waals surface area contributed by atoms with E-state index in [1.54, 1.807) is 54.6 Å². The smallest absolute Gasteiger partial charge is 0.343 e. The van der Waals surface area contributed by atoms with Crippen molar-refractivity contribution in [3.8, 4) is 23.0 Å². The number of esters is 1. The lowest BCUT2D eigenvalue weighted by atomic mass is 10.1. The molecule has 0 fully saturated rings. The maximum atomic E-state index is 13.0. The molecule has 0 aliphatic heterocycles. The fraction of sp³-hybridized carbons (Fsp3) is 0.0968. The van der Waals surface area contributed by atoms with Crippen molar-refractivity contribution in [1.29, 1.82) is 0 Å². The summed E-state index contributed by atoms with van der Waals surface area (Å²) in [4.78, 5) is 38.6. The van der Waals surface area contributed by atoms with E-state index in [-0.39, 0.29) is 16.9 Å². The number of rotatable bonds is 10. The number of nitrogens with one attached hydrogen (secondary N) is 2. The fourth-order valence-corrected chi connectivity index (χ4v) is 5.50. The standard InChI is InChI=1S/C31H24Br3N3O7/c1-41-25-13-19(14-26(42-2)28(25)43-3)29(38)36-23-6-4-5-18(12-23)30(39)37-35-16-20-11-22(33)15-24(34)27(20)44-31(40)17-7-9-21(32)10-8-17/h4-16H,1-3H3,(H,36,38)(H,37,39). The number of methoxy groups -OCH3 is 3. The van der Waals surface area contributed by atoms with E-state index in [1.165, 1.54) is 45.7 Å². The van der Waals surface area contributed by atoms with Crippen LogP contribution in [-0.2, 0) is 0 Å². The summed E-state index contributed by atoms with van der Waals surface area (Å²) in [6.45, 7) is 0. The van der Waals surface area contributed by atoms with Crippen LogP contribution >= 0.6 is 47.8 Å². The first-order chi connectivity index (χ1) is 21.1. The molecule has 0 aliphatic carbocycles. The van der Waals surface area contributed by atoms with Gasteiger partial charge >= 0.3 is 5.97 Å². The Bertz CT molecular complexity index is 1720. The molecular weight excluding hydrogens is 766 g/mol. The Morgan fingerprint density at radius 3 is 2.02 bits per heavy atom. The van der Waals surface area contributed by atoms with Crippen molar-refractivity contribution in [2.24, 2.45) is 5.10 Å². The van der Waals surface area contributed by atoms with E-state index in [0.29, 0.717) is 43.0 Å². The third-order valence-corrected chi connectivity index (χ3v) is 7.57. The van der Waals surface area contributed by atoms with E-state index >= 15 is 0 Å². The Morgan fingerprint density at radius 2 is 1.39 bits per heavy atom. The highest BCUT2D eigenvalue weighted by molar-refractivity contribution is 9.11. The minimum Gasteiger partial charge on any atom is -0.493 e. The van der Waals surface area contributed by atoms with Gasteiger partial charge in [0.15, 0.2) is 17.2 Å². The molecule has 0 bridgehead atoms. The molecule has 0 aromatic heterocycles. The van der Waals surface area contributed by atoms with Crippen molar-refractivity contribution in [2.45, 2.75) is 0 Å². The molecule has 0 radical (unpaired) electrons. The SMILES string of the molecule is COc1cc(C(=O)Nc2cccc(C(=O)NN=Cc3cc(Br)cc(Br)c3OC(=O)c3ccc(Br)cc3)c2)cc(OC)c1OC. The lowest BCUT2D eigenvalue weighted by Gasteiger charge is -2.14. The van der Waals surface area contributed by atoms with Crippen LogP contribution in [0.3, 0.4) is 0 Å². The molecule has 44 heavy (non-hydrogen) atoms. The molecule has 4 aromatic carbocycles. The molecular formula is C31H24Br3N3O7. The van der Waals surface area contributed by atoms with Crippen molar-refractivity contribution >= 4 is 77.5 Å². The number of ether oxygens (including phenoxy) is 4. The Labute approximate surface area is 278 Å². The highest BCUT2D eigenvalue weighted by Gasteiger charge is 2.18. The summed E-state index contributed by atoms with van der Waals surface area (Å²) in [5.74, 6) is -0.327. The van der Waals surface area contributed by atoms with Crippen LogP contribution in [0.1, 0.15) is 36.6 Å². The van der Waals surface area contributed by atoms with Gasteiger partial charge in [-0.3, -0.25) is 9.59 Å². The average molecular weight is 790 g/mol. The highest BCUT2D eigenvalue weighted by atomic mass is 79.9. The van der Waals surface area contributed by atoms with Gasteiger partial charge in [-0.25, -0.2) is 10.2 Å². The maximum Gasteiger partial charge on any atom is 0.343 e. The molecule has 226 valence electrons. The Balaban J connectivity index is 1.47. The second kappa shape index (κ2) is 15.0. The highest BCUT2D eigenvalue weighted by Crippen LogP contribution is 2.38. The zero-order chi connectivity index (χ0) is 31.8. The monoisotopic (exact) mass is 787 g/mol. The van der Waals surface area contributed by atoms with Gasteiger partial charge < -0.3 is 24.3 Å². The molecule has 0 aliphatic rings. The van der Waals surface area contributed by atoms with Crippen LogP contribution in [0.25, 0.3) is 0 Å². The van der Waals surface area contributed by atoms with E-state index in [9.17, 15) is 14.4 Å². The third-order valence-electron chi connectivity index (χ3n) is 5.99. The minimum absolute atomic E-state index is 0.218. The molecule has 0 heterocycles. The number of nitrogens with zero attached hydrogens (tertiary/aromatic N) is 1. The lowest BCUT2D eigenvalue weighted by molar-refractivity contribution is 0.0732. The molecule has 10 nitrogen and oxygen atoms in total. The second-order valence-electron chi connectivity index (χ2n) is 8.85. The summed E-state index contributed by atoms with van der Waals surface area (Å²) in [5.41, 5.74) is 4.10. The number of hydrazone groups is 1. The summed E-state index contributed by atoms with van der Waals surface area (Å²) in [6.07, 6.45) is 1.35. The summed E-state index contributed by atoms with van der Waals surface area (Å²) in [7, 11) is 4.38. The van der Waals surface area contributed by atoms with Crippen LogP contribution in [0, 0.1) is 0 Å². The first-order valence-corrected chi connectivity index (χ1v) is 15.0. The van der Waals surface area contributed by atoms with Crippen molar-refractivity contribution < 1.29 is 33.3 Å². The van der Waals surface area contributed by atoms with E-state index < -0.39 is 17.8 Å². The number of benzene rings is 4. The van der Waals surface area contributed by atoms with Gasteiger partial charge in [0.25, 0.3) is 11.8 Å². The van der Waals surface area contributed by atoms with E-state index in [4.69, 9.17) is 18.9 Å². The van der Waals surface area contributed by atoms with Gasteiger partial charge in [0, 0.05) is 31.3 Å². The van der Waals surface area contributed by atoms with Gasteiger partial charge in [0.1, 0.15) is 0 Å². The Morgan fingerprint density at radius 1 is 0.705 bits per heavy atom. The Kier molecular flexibility index (Phi) is 11.1. The molecule has 0 saturated carbocycles. The number of hydrogen-bond donors (Lipinski definition) is 2. The van der Waals surface area contributed by atoms with E-state index in [2.05, 4.69) is 63.6 Å². The van der Waals surface area contributed by atoms with E-state index in [0.717, 1.165) is 4.47 Å². The predicted molar refractivity (Wildman–Crippen MR) is 176 cm³/mol. The lowest BCUT2D eigenvalue weighted by Crippen LogP contribution is -2.18. The van der Waals surface area contributed by atoms with Crippen LogP contribution in [0.15, 0.2) is 91.3 Å². The first kappa shape index (κ1) is 32.7. The predicted octanol–water partition coefficient (Wildman–Crippen LogP) is 7.24. The van der Waals surface area contributed by atoms with Crippen molar-refractivity contribution in [3.05, 3.63) is 108 Å². The van der Waals surface area contributed by atoms with Crippen molar-refractivity contribution in [1.82, 2.24) is 5.43 Å². The van der Waals surface area contributed by atoms with Gasteiger partial charge in [-0.15, -0.1) is 0 Å². The fourth-order valence-electron chi connectivity index (χ4n) is 3.90. The quantitative estimate of drug-likeness (QED) is 0.0752. The normalized spacial score (nSPS) is 10.7. The number of carbonyl (C=O) groups is 3. The van der Waals surface area contributed by atoms with E-state index in [1.807, 2.05) is 0 Å². The average Bonchev–Trinajstić information content (AvgIpc) is 3.02. The molecule has 2 N–H and O–H groups in total. The molecule has 0 spiro atoms. The number of carbonyl (C=O) groups excluding carboxylic acids is 3. The van der Waals surface area contributed by atoms with Gasteiger partial charge in [-0.2, -0.15) is 5.10 Å². The van der Waals surface area contributed by atoms with Gasteiger partial charge in [0.05, 0.1) is 37.6 Å². The topological polar surface area (TPSA) is 125 Å². The molecule has 4 rings (SSSR count). The zero-order valence-corrected chi connectivity index (χ0v) is 28.2. The van der Waals surface area contributed by atoms with Crippen LogP contribution in [0.5, 0.6) is 23.0 Å². The largest absolute Gasteiger partial charge is 0.493 e. The first-order valence-electron chi connectivity index (χ1n) is 12.6. The summed E-state index contributed by atoms with van der Waals surface area (Å²) in [5, 5.41) is 6.81. The zero-order valence-electron chi connectivity index (χ0n) is 23.4. The summed E-state index contributed by atoms with van der Waals surface area (Å²) >= 11 is 10.2. The molecule has 0 atom stereocenters. The van der Waals surface area contributed by atoms with Crippen molar-refractivity contribution in [3.63, 3.8) is 0 Å². The summed E-state index contributed by atoms with van der Waals surface area (Å²) < 4.78 is 23.6. The number of hydrogen-bond acceptors (Lipinski definition) is 8. The van der Waals surface area contributed by atoms with Gasteiger partial charge in [-0.05, 0) is 82.7 Å². The molecule has 4 aromatic rings.